The molecule has 1 aliphatic carbocycles. The van der Waals surface area contributed by atoms with Crippen LogP contribution >= 0.6 is 11.3 Å². The summed E-state index contributed by atoms with van der Waals surface area (Å²) < 4.78 is 0. The molecule has 0 N–H and O–H groups in total. The van der Waals surface area contributed by atoms with Crippen molar-refractivity contribution in [2.45, 2.75) is 25.7 Å². The van der Waals surface area contributed by atoms with E-state index in [1.54, 1.807) is 11.3 Å². The molecule has 0 unspecified atom stereocenters. The van der Waals surface area contributed by atoms with Crippen LogP contribution < -0.4 is 0 Å². The lowest BCUT2D eigenvalue weighted by atomic mass is 9.94. The number of allylic oxidation sites excluding steroid dienone is 2. The first kappa shape index (κ1) is 8.70. The number of hydrogen-bond acceptors (Lipinski definition) is 2. The zero-order valence-corrected chi connectivity index (χ0v) is 8.27. The molecule has 2 heteroatoms. The van der Waals surface area contributed by atoms with Gasteiger partial charge in [0.25, 0.3) is 0 Å². The number of carbonyl (C=O) groups excluding carboxylic acids is 1. The van der Waals surface area contributed by atoms with E-state index < -0.39 is 0 Å². The molecule has 0 fully saturated rings. The van der Waals surface area contributed by atoms with Crippen molar-refractivity contribution in [1.29, 1.82) is 0 Å². The first-order valence-electron chi connectivity index (χ1n) is 4.55. The fourth-order valence-electron chi connectivity index (χ4n) is 1.64. The molecule has 0 radical (unpaired) electrons. The first-order chi connectivity index (χ1) is 6.34. The third kappa shape index (κ3) is 2.28. The third-order valence-corrected chi connectivity index (χ3v) is 3.02. The summed E-state index contributed by atoms with van der Waals surface area (Å²) in [5.41, 5.74) is 2.64. The number of rotatable bonds is 2. The van der Waals surface area contributed by atoms with Crippen LogP contribution in [-0.2, 0) is 11.2 Å². The topological polar surface area (TPSA) is 17.1 Å². The van der Waals surface area contributed by atoms with E-state index in [4.69, 9.17) is 0 Å². The second-order valence-electron chi connectivity index (χ2n) is 3.42. The van der Waals surface area contributed by atoms with Gasteiger partial charge in [-0.25, -0.2) is 0 Å². The fraction of sp³-hybridized carbons (Fsp3) is 0.364. The van der Waals surface area contributed by atoms with Crippen molar-refractivity contribution in [3.05, 3.63) is 34.0 Å². The number of hydrogen-bond donors (Lipinski definition) is 0. The Morgan fingerprint density at radius 2 is 2.38 bits per heavy atom. The quantitative estimate of drug-likeness (QED) is 0.658. The SMILES string of the molecule is O=C1CCC=C(Cc2ccsc2)C1. The van der Waals surface area contributed by atoms with E-state index in [1.807, 2.05) is 0 Å². The lowest BCUT2D eigenvalue weighted by Gasteiger charge is -2.10. The molecule has 0 saturated carbocycles. The monoisotopic (exact) mass is 192 g/mol. The Morgan fingerprint density at radius 1 is 1.46 bits per heavy atom. The minimum atomic E-state index is 0.396. The predicted molar refractivity (Wildman–Crippen MR) is 55.0 cm³/mol. The summed E-state index contributed by atoms with van der Waals surface area (Å²) in [7, 11) is 0. The highest BCUT2D eigenvalue weighted by molar-refractivity contribution is 7.07. The van der Waals surface area contributed by atoms with Gasteiger partial charge in [0.15, 0.2) is 0 Å². The van der Waals surface area contributed by atoms with Gasteiger partial charge >= 0.3 is 0 Å². The van der Waals surface area contributed by atoms with E-state index in [0.29, 0.717) is 12.2 Å². The maximum atomic E-state index is 11.2. The number of carbonyl (C=O) groups is 1. The van der Waals surface area contributed by atoms with E-state index in [0.717, 1.165) is 19.3 Å². The minimum absolute atomic E-state index is 0.396. The smallest absolute Gasteiger partial charge is 0.137 e. The minimum Gasteiger partial charge on any atom is -0.299 e. The second-order valence-corrected chi connectivity index (χ2v) is 4.20. The molecule has 1 aromatic heterocycles. The predicted octanol–water partition coefficient (Wildman–Crippen LogP) is 2.97. The van der Waals surface area contributed by atoms with E-state index >= 15 is 0 Å². The molecule has 1 aliphatic rings. The van der Waals surface area contributed by atoms with Crippen LogP contribution in [0.4, 0.5) is 0 Å². The second kappa shape index (κ2) is 3.88. The molecule has 13 heavy (non-hydrogen) atoms. The molecule has 1 heterocycles. The van der Waals surface area contributed by atoms with Gasteiger partial charge in [-0.1, -0.05) is 11.6 Å². The van der Waals surface area contributed by atoms with Gasteiger partial charge in [-0.15, -0.1) is 0 Å². The first-order valence-corrected chi connectivity index (χ1v) is 5.49. The number of ketones is 1. The maximum absolute atomic E-state index is 11.2. The van der Waals surface area contributed by atoms with Crippen LogP contribution in [-0.4, -0.2) is 5.78 Å². The van der Waals surface area contributed by atoms with E-state index in [1.165, 1.54) is 11.1 Å². The highest BCUT2D eigenvalue weighted by Crippen LogP contribution is 2.20. The summed E-state index contributed by atoms with van der Waals surface area (Å²) in [6.45, 7) is 0. The summed E-state index contributed by atoms with van der Waals surface area (Å²) in [6.07, 6.45) is 5.55. The summed E-state index contributed by atoms with van der Waals surface area (Å²) >= 11 is 1.72. The average Bonchev–Trinajstić information content (AvgIpc) is 2.57. The fourth-order valence-corrected chi connectivity index (χ4v) is 2.31. The van der Waals surface area contributed by atoms with Crippen molar-refractivity contribution in [3.8, 4) is 0 Å². The molecule has 2 rings (SSSR count). The lowest BCUT2D eigenvalue weighted by Crippen LogP contribution is -2.06. The van der Waals surface area contributed by atoms with Crippen molar-refractivity contribution >= 4 is 17.1 Å². The van der Waals surface area contributed by atoms with Gasteiger partial charge in [-0.2, -0.15) is 11.3 Å². The van der Waals surface area contributed by atoms with E-state index in [2.05, 4.69) is 22.9 Å². The Bertz CT molecular complexity index is 322. The molecule has 1 nitrogen and oxygen atoms in total. The van der Waals surface area contributed by atoms with Crippen LogP contribution in [0.1, 0.15) is 24.8 Å². The third-order valence-electron chi connectivity index (χ3n) is 2.29. The molecule has 0 saturated heterocycles. The Hall–Kier alpha value is -0.890. The lowest BCUT2D eigenvalue weighted by molar-refractivity contribution is -0.118. The van der Waals surface area contributed by atoms with Crippen molar-refractivity contribution in [3.63, 3.8) is 0 Å². The standard InChI is InChI=1S/C11H12OS/c12-11-3-1-2-9(7-11)6-10-4-5-13-8-10/h2,4-5,8H,1,3,6-7H2. The summed E-state index contributed by atoms with van der Waals surface area (Å²) in [5, 5.41) is 4.24. The summed E-state index contributed by atoms with van der Waals surface area (Å²) in [4.78, 5) is 11.2. The Kier molecular flexibility index (Phi) is 2.60. The normalized spacial score (nSPS) is 17.2. The van der Waals surface area contributed by atoms with Gasteiger partial charge in [0.2, 0.25) is 0 Å². The molecule has 0 aromatic carbocycles. The van der Waals surface area contributed by atoms with Gasteiger partial charge in [-0.05, 0) is 35.2 Å². The van der Waals surface area contributed by atoms with Gasteiger partial charge < -0.3 is 0 Å². The van der Waals surface area contributed by atoms with E-state index in [-0.39, 0.29) is 0 Å². The zero-order valence-electron chi connectivity index (χ0n) is 7.45. The Morgan fingerprint density at radius 3 is 3.08 bits per heavy atom. The molecule has 1 aromatic rings. The van der Waals surface area contributed by atoms with Gasteiger partial charge in [0.1, 0.15) is 5.78 Å². The molecular weight excluding hydrogens is 180 g/mol. The molecule has 0 spiro atoms. The van der Waals surface area contributed by atoms with Crippen molar-refractivity contribution < 1.29 is 4.79 Å². The Balaban J connectivity index is 2.02. The Labute approximate surface area is 82.1 Å². The molecule has 0 atom stereocenters. The number of Topliss-reactive ketones (excluding diaryl/α,β-unsaturated/α-hetero) is 1. The zero-order chi connectivity index (χ0) is 9.10. The number of thiophene rings is 1. The van der Waals surface area contributed by atoms with Crippen LogP contribution in [0.2, 0.25) is 0 Å². The average molecular weight is 192 g/mol. The van der Waals surface area contributed by atoms with Crippen LogP contribution in [0.15, 0.2) is 28.5 Å². The maximum Gasteiger partial charge on any atom is 0.137 e. The van der Waals surface area contributed by atoms with Crippen molar-refractivity contribution in [2.24, 2.45) is 0 Å². The van der Waals surface area contributed by atoms with Gasteiger partial charge in [0, 0.05) is 12.8 Å². The molecular formula is C11H12OS. The van der Waals surface area contributed by atoms with Crippen LogP contribution in [0.5, 0.6) is 0 Å². The van der Waals surface area contributed by atoms with Crippen molar-refractivity contribution in [1.82, 2.24) is 0 Å². The van der Waals surface area contributed by atoms with Gasteiger partial charge in [-0.3, -0.25) is 4.79 Å². The highest BCUT2D eigenvalue weighted by atomic mass is 32.1. The van der Waals surface area contributed by atoms with Crippen LogP contribution in [0.25, 0.3) is 0 Å². The van der Waals surface area contributed by atoms with E-state index in [9.17, 15) is 4.79 Å². The molecule has 0 aliphatic heterocycles. The summed E-state index contributed by atoms with van der Waals surface area (Å²) in [5.74, 6) is 0.396. The van der Waals surface area contributed by atoms with Crippen LogP contribution in [0, 0.1) is 0 Å². The molecule has 68 valence electrons. The molecule has 0 bridgehead atoms. The largest absolute Gasteiger partial charge is 0.299 e. The van der Waals surface area contributed by atoms with Crippen LogP contribution in [0.3, 0.4) is 0 Å². The summed E-state index contributed by atoms with van der Waals surface area (Å²) in [6, 6.07) is 2.13. The van der Waals surface area contributed by atoms with Crippen molar-refractivity contribution in [2.75, 3.05) is 0 Å². The highest BCUT2D eigenvalue weighted by Gasteiger charge is 2.11. The van der Waals surface area contributed by atoms with Gasteiger partial charge in [0.05, 0.1) is 0 Å². The molecule has 0 amide bonds.